The topological polar surface area (TPSA) is 45.5 Å². The molecular weight excluding hydrogens is 300 g/mol. The van der Waals surface area contributed by atoms with Gasteiger partial charge in [-0.2, -0.15) is 0 Å². The number of amides is 1. The summed E-state index contributed by atoms with van der Waals surface area (Å²) in [5.74, 6) is 0.432. The molecule has 1 fully saturated rings. The van der Waals surface area contributed by atoms with Gasteiger partial charge in [0.15, 0.2) is 5.76 Å². The number of hydrogen-bond donors (Lipinski definition) is 1. The van der Waals surface area contributed by atoms with Gasteiger partial charge in [0.25, 0.3) is 5.91 Å². The molecule has 0 radical (unpaired) electrons. The van der Waals surface area contributed by atoms with Crippen LogP contribution in [0.4, 0.5) is 0 Å². The smallest absolute Gasteiger partial charge is 0.289 e. The highest BCUT2D eigenvalue weighted by atomic mass is 16.3. The van der Waals surface area contributed by atoms with Crippen LogP contribution in [0, 0.1) is 0 Å². The molecule has 1 aromatic carbocycles. The summed E-state index contributed by atoms with van der Waals surface area (Å²) in [4.78, 5) is 14.1. The van der Waals surface area contributed by atoms with E-state index in [9.17, 15) is 4.79 Å². The number of benzene rings is 1. The Labute approximate surface area is 143 Å². The number of piperidine rings is 1. The van der Waals surface area contributed by atoms with Gasteiger partial charge in [0, 0.05) is 25.7 Å². The molecule has 0 bridgehead atoms. The Kier molecular flexibility index (Phi) is 5.49. The second-order valence-corrected chi connectivity index (χ2v) is 6.33. The van der Waals surface area contributed by atoms with Gasteiger partial charge >= 0.3 is 0 Å². The minimum atomic E-state index is -0.00129. The quantitative estimate of drug-likeness (QED) is 0.914. The Bertz CT molecular complexity index is 669. The predicted octanol–water partition coefficient (Wildman–Crippen LogP) is 3.58. The first-order valence-electron chi connectivity index (χ1n) is 8.51. The van der Waals surface area contributed by atoms with Crippen molar-refractivity contribution in [2.75, 3.05) is 19.6 Å². The van der Waals surface area contributed by atoms with E-state index in [2.05, 4.69) is 42.6 Å². The van der Waals surface area contributed by atoms with Crippen LogP contribution in [0.25, 0.3) is 6.08 Å². The molecule has 2 aromatic rings. The summed E-state index contributed by atoms with van der Waals surface area (Å²) in [6.45, 7) is 4.58. The molecule has 0 unspecified atom stereocenters. The highest BCUT2D eigenvalue weighted by Gasteiger charge is 2.24. The molecule has 24 heavy (non-hydrogen) atoms. The van der Waals surface area contributed by atoms with E-state index in [4.69, 9.17) is 4.42 Å². The molecule has 4 heteroatoms. The van der Waals surface area contributed by atoms with Crippen molar-refractivity contribution in [1.82, 2.24) is 10.2 Å². The van der Waals surface area contributed by atoms with E-state index in [0.717, 1.165) is 32.5 Å². The van der Waals surface area contributed by atoms with E-state index < -0.39 is 0 Å². The van der Waals surface area contributed by atoms with Gasteiger partial charge in [-0.15, -0.1) is 0 Å². The Balaban J connectivity index is 1.44. The fourth-order valence-corrected chi connectivity index (χ4v) is 3.03. The van der Waals surface area contributed by atoms with Crippen molar-refractivity contribution in [3.05, 3.63) is 65.6 Å². The van der Waals surface area contributed by atoms with Crippen molar-refractivity contribution in [2.24, 2.45) is 0 Å². The average Bonchev–Trinajstić information content (AvgIpc) is 3.15. The van der Waals surface area contributed by atoms with Crippen LogP contribution in [-0.4, -0.2) is 36.5 Å². The minimum absolute atomic E-state index is 0.00129. The van der Waals surface area contributed by atoms with Crippen molar-refractivity contribution in [1.29, 1.82) is 0 Å². The van der Waals surface area contributed by atoms with Crippen LogP contribution in [-0.2, 0) is 0 Å². The first-order valence-corrected chi connectivity index (χ1v) is 8.51. The maximum Gasteiger partial charge on any atom is 0.289 e. The molecule has 3 rings (SSSR count). The predicted molar refractivity (Wildman–Crippen MR) is 95.7 cm³/mol. The van der Waals surface area contributed by atoms with E-state index in [0.29, 0.717) is 11.8 Å². The zero-order valence-corrected chi connectivity index (χ0v) is 14.1. The Morgan fingerprint density at radius 3 is 2.62 bits per heavy atom. The lowest BCUT2D eigenvalue weighted by atomic mass is 10.0. The standard InChI is InChI=1S/C20H24N2O2/c1-16(14-17-6-3-2-4-7-17)15-21-18-9-11-22(12-10-18)20(23)19-8-5-13-24-19/h2-8,13-14,18,21H,9-12,15H2,1H3/b16-14-. The maximum atomic E-state index is 12.2. The minimum Gasteiger partial charge on any atom is -0.459 e. The molecule has 126 valence electrons. The molecule has 2 heterocycles. The second-order valence-electron chi connectivity index (χ2n) is 6.33. The van der Waals surface area contributed by atoms with Crippen LogP contribution >= 0.6 is 0 Å². The fourth-order valence-electron chi connectivity index (χ4n) is 3.03. The number of carbonyl (C=O) groups is 1. The Hall–Kier alpha value is -2.33. The number of nitrogens with one attached hydrogen (secondary N) is 1. The van der Waals surface area contributed by atoms with Gasteiger partial charge in [0.05, 0.1) is 6.26 Å². The third kappa shape index (κ3) is 4.36. The molecule has 1 saturated heterocycles. The molecule has 0 spiro atoms. The number of furan rings is 1. The van der Waals surface area contributed by atoms with Gasteiger partial charge in [0.1, 0.15) is 0 Å². The summed E-state index contributed by atoms with van der Waals surface area (Å²) in [7, 11) is 0. The zero-order chi connectivity index (χ0) is 16.8. The molecule has 1 amide bonds. The molecule has 0 aliphatic carbocycles. The Morgan fingerprint density at radius 2 is 1.96 bits per heavy atom. The maximum absolute atomic E-state index is 12.2. The van der Waals surface area contributed by atoms with Crippen LogP contribution in [0.2, 0.25) is 0 Å². The number of rotatable bonds is 5. The van der Waals surface area contributed by atoms with Crippen LogP contribution in [0.1, 0.15) is 35.9 Å². The van der Waals surface area contributed by atoms with E-state index in [1.165, 1.54) is 11.1 Å². The van der Waals surface area contributed by atoms with Crippen molar-refractivity contribution in [3.63, 3.8) is 0 Å². The van der Waals surface area contributed by atoms with E-state index in [1.807, 2.05) is 11.0 Å². The molecule has 0 atom stereocenters. The fraction of sp³-hybridized carbons (Fsp3) is 0.350. The second kappa shape index (κ2) is 7.97. The van der Waals surface area contributed by atoms with Crippen LogP contribution in [0.3, 0.4) is 0 Å². The number of hydrogen-bond acceptors (Lipinski definition) is 3. The van der Waals surface area contributed by atoms with Gasteiger partial charge in [-0.25, -0.2) is 0 Å². The van der Waals surface area contributed by atoms with Crippen molar-refractivity contribution >= 4 is 12.0 Å². The SMILES string of the molecule is C/C(=C/c1ccccc1)CNC1CCN(C(=O)c2ccco2)CC1. The summed E-state index contributed by atoms with van der Waals surface area (Å²) in [6.07, 6.45) is 5.71. The summed E-state index contributed by atoms with van der Waals surface area (Å²) >= 11 is 0. The number of carbonyl (C=O) groups excluding carboxylic acids is 1. The zero-order valence-electron chi connectivity index (χ0n) is 14.1. The molecule has 1 aliphatic heterocycles. The van der Waals surface area contributed by atoms with Gasteiger partial charge in [-0.1, -0.05) is 42.0 Å². The summed E-state index contributed by atoms with van der Waals surface area (Å²) in [5, 5.41) is 3.61. The molecule has 1 aliphatic rings. The number of likely N-dealkylation sites (tertiary alicyclic amines) is 1. The third-order valence-corrected chi connectivity index (χ3v) is 4.40. The summed E-state index contributed by atoms with van der Waals surface area (Å²) in [5.41, 5.74) is 2.55. The van der Waals surface area contributed by atoms with Crippen LogP contribution in [0.15, 0.2) is 58.7 Å². The molecule has 0 saturated carbocycles. The van der Waals surface area contributed by atoms with Crippen molar-refractivity contribution < 1.29 is 9.21 Å². The normalized spacial score (nSPS) is 16.4. The summed E-state index contributed by atoms with van der Waals surface area (Å²) in [6, 6.07) is 14.3. The lowest BCUT2D eigenvalue weighted by Gasteiger charge is -2.32. The average molecular weight is 324 g/mol. The van der Waals surface area contributed by atoms with E-state index in [-0.39, 0.29) is 5.91 Å². The molecule has 4 nitrogen and oxygen atoms in total. The van der Waals surface area contributed by atoms with Crippen LogP contribution in [0.5, 0.6) is 0 Å². The van der Waals surface area contributed by atoms with Gasteiger partial charge in [0.2, 0.25) is 0 Å². The van der Waals surface area contributed by atoms with E-state index in [1.54, 1.807) is 18.4 Å². The van der Waals surface area contributed by atoms with Crippen LogP contribution < -0.4 is 5.32 Å². The first kappa shape index (κ1) is 16.5. The highest BCUT2D eigenvalue weighted by molar-refractivity contribution is 5.91. The molecule has 1 N–H and O–H groups in total. The van der Waals surface area contributed by atoms with Crippen molar-refractivity contribution in [3.8, 4) is 0 Å². The van der Waals surface area contributed by atoms with E-state index >= 15 is 0 Å². The number of nitrogens with zero attached hydrogens (tertiary/aromatic N) is 1. The van der Waals surface area contributed by atoms with Gasteiger partial charge in [-0.3, -0.25) is 4.79 Å². The third-order valence-electron chi connectivity index (χ3n) is 4.40. The first-order chi connectivity index (χ1) is 11.7. The molecular formula is C20H24N2O2. The van der Waals surface area contributed by atoms with Gasteiger partial charge in [-0.05, 0) is 37.5 Å². The monoisotopic (exact) mass is 324 g/mol. The lowest BCUT2D eigenvalue weighted by molar-refractivity contribution is 0.0674. The van der Waals surface area contributed by atoms with Crippen molar-refractivity contribution in [2.45, 2.75) is 25.8 Å². The lowest BCUT2D eigenvalue weighted by Crippen LogP contribution is -2.45. The highest BCUT2D eigenvalue weighted by Crippen LogP contribution is 2.15. The summed E-state index contributed by atoms with van der Waals surface area (Å²) < 4.78 is 5.20. The molecule has 1 aromatic heterocycles. The Morgan fingerprint density at radius 1 is 1.21 bits per heavy atom. The largest absolute Gasteiger partial charge is 0.459 e. The van der Waals surface area contributed by atoms with Gasteiger partial charge < -0.3 is 14.6 Å².